The first-order valence-electron chi connectivity index (χ1n) is 8.25. The van der Waals surface area contributed by atoms with Crippen LogP contribution >= 0.6 is 11.3 Å². The lowest BCUT2D eigenvalue weighted by molar-refractivity contribution is -0.117. The molecule has 2 atom stereocenters. The Morgan fingerprint density at radius 2 is 1.90 bits per heavy atom. The quantitative estimate of drug-likeness (QED) is 0.852. The van der Waals surface area contributed by atoms with Gasteiger partial charge in [0.25, 0.3) is 0 Å². The average Bonchev–Trinajstić information content (AvgIpc) is 2.76. The number of thiophene rings is 1. The van der Waals surface area contributed by atoms with Gasteiger partial charge in [-0.2, -0.15) is 11.3 Å². The van der Waals surface area contributed by atoms with Crippen molar-refractivity contribution in [3.8, 4) is 0 Å². The lowest BCUT2D eigenvalue weighted by atomic mass is 9.43. The van der Waals surface area contributed by atoms with Crippen molar-refractivity contribution in [3.05, 3.63) is 22.4 Å². The number of nitrogens with one attached hydrogen (secondary N) is 1. The van der Waals surface area contributed by atoms with Crippen LogP contribution in [0.15, 0.2) is 16.8 Å². The first-order valence-corrected chi connectivity index (χ1v) is 9.19. The van der Waals surface area contributed by atoms with E-state index in [0.717, 1.165) is 12.5 Å². The number of hydrogen-bond acceptors (Lipinski definition) is 2. The van der Waals surface area contributed by atoms with E-state index in [0.29, 0.717) is 16.4 Å². The lowest BCUT2D eigenvalue weighted by Gasteiger charge is -2.65. The Balaban J connectivity index is 1.47. The van der Waals surface area contributed by atoms with Gasteiger partial charge in [0, 0.05) is 5.54 Å². The van der Waals surface area contributed by atoms with Gasteiger partial charge < -0.3 is 5.32 Å². The Bertz CT molecular complexity index is 474. The van der Waals surface area contributed by atoms with Crippen molar-refractivity contribution >= 4 is 11.3 Å². The minimum absolute atomic E-state index is 0.471. The van der Waals surface area contributed by atoms with Crippen LogP contribution in [-0.4, -0.2) is 12.1 Å². The van der Waals surface area contributed by atoms with Crippen molar-refractivity contribution in [2.24, 2.45) is 16.7 Å². The molecular formula is C18H27NS. The standard InChI is InChI=1S/C18H27NS/c1-16-7-15-8-17(2,11-16)13-18(9-15,12-16)19-5-3-14-4-6-20-10-14/h4,6,10,15,19H,3,5,7-9,11-13H2,1-2H3. The maximum absolute atomic E-state index is 4.02. The minimum Gasteiger partial charge on any atom is -0.311 e. The molecule has 4 bridgehead atoms. The van der Waals surface area contributed by atoms with Crippen LogP contribution in [0.5, 0.6) is 0 Å². The van der Waals surface area contributed by atoms with Crippen LogP contribution in [0.3, 0.4) is 0 Å². The van der Waals surface area contributed by atoms with Crippen LogP contribution < -0.4 is 5.32 Å². The van der Waals surface area contributed by atoms with Crippen LogP contribution in [0.2, 0.25) is 0 Å². The van der Waals surface area contributed by atoms with Gasteiger partial charge in [-0.3, -0.25) is 0 Å². The second kappa shape index (κ2) is 4.33. The summed E-state index contributed by atoms with van der Waals surface area (Å²) in [6.07, 6.45) is 9.97. The molecule has 0 radical (unpaired) electrons. The maximum Gasteiger partial charge on any atom is 0.0194 e. The van der Waals surface area contributed by atoms with Gasteiger partial charge in [0.2, 0.25) is 0 Å². The smallest absolute Gasteiger partial charge is 0.0194 e. The minimum atomic E-state index is 0.471. The molecule has 0 amide bonds. The Labute approximate surface area is 127 Å². The van der Waals surface area contributed by atoms with Crippen molar-refractivity contribution in [1.29, 1.82) is 0 Å². The first-order chi connectivity index (χ1) is 9.49. The summed E-state index contributed by atoms with van der Waals surface area (Å²) in [4.78, 5) is 0. The molecule has 20 heavy (non-hydrogen) atoms. The third kappa shape index (κ3) is 2.25. The zero-order chi connectivity index (χ0) is 13.8. The lowest BCUT2D eigenvalue weighted by Crippen LogP contribution is -2.64. The van der Waals surface area contributed by atoms with Crippen molar-refractivity contribution < 1.29 is 0 Å². The molecule has 1 heterocycles. The highest BCUT2D eigenvalue weighted by Crippen LogP contribution is 2.66. The third-order valence-electron chi connectivity index (χ3n) is 6.12. The largest absolute Gasteiger partial charge is 0.311 e. The first kappa shape index (κ1) is 13.3. The predicted octanol–water partition coefficient (Wildman–Crippen LogP) is 4.63. The molecule has 5 rings (SSSR count). The fraction of sp³-hybridized carbons (Fsp3) is 0.778. The van der Waals surface area contributed by atoms with E-state index in [1.165, 1.54) is 50.5 Å². The van der Waals surface area contributed by atoms with E-state index in [-0.39, 0.29) is 0 Å². The molecule has 4 aliphatic rings. The summed E-state index contributed by atoms with van der Waals surface area (Å²) in [6.45, 7) is 6.28. The summed E-state index contributed by atoms with van der Waals surface area (Å²) >= 11 is 1.82. The highest BCUT2D eigenvalue weighted by molar-refractivity contribution is 7.07. The van der Waals surface area contributed by atoms with Gasteiger partial charge in [0.1, 0.15) is 0 Å². The molecule has 0 spiro atoms. The zero-order valence-electron chi connectivity index (χ0n) is 12.9. The molecule has 110 valence electrons. The van der Waals surface area contributed by atoms with Crippen LogP contribution in [-0.2, 0) is 6.42 Å². The highest BCUT2D eigenvalue weighted by atomic mass is 32.1. The summed E-state index contributed by atoms with van der Waals surface area (Å²) in [5, 5.41) is 8.51. The Morgan fingerprint density at radius 3 is 2.50 bits per heavy atom. The SMILES string of the molecule is CC12CC3CC(C)(C1)CC(NCCc1ccsc1)(C3)C2. The van der Waals surface area contributed by atoms with E-state index in [4.69, 9.17) is 0 Å². The zero-order valence-corrected chi connectivity index (χ0v) is 13.7. The van der Waals surface area contributed by atoms with E-state index in [1.807, 2.05) is 11.3 Å². The second-order valence-electron chi connectivity index (χ2n) is 8.72. The van der Waals surface area contributed by atoms with Gasteiger partial charge in [-0.25, -0.2) is 0 Å². The van der Waals surface area contributed by atoms with E-state index >= 15 is 0 Å². The summed E-state index contributed by atoms with van der Waals surface area (Å²) in [5.74, 6) is 0.995. The van der Waals surface area contributed by atoms with Crippen LogP contribution in [0.1, 0.15) is 57.9 Å². The van der Waals surface area contributed by atoms with Gasteiger partial charge in [0.05, 0.1) is 0 Å². The number of hydrogen-bond donors (Lipinski definition) is 1. The molecule has 1 nitrogen and oxygen atoms in total. The maximum atomic E-state index is 4.02. The van der Waals surface area contributed by atoms with Crippen LogP contribution in [0.25, 0.3) is 0 Å². The van der Waals surface area contributed by atoms with Crippen molar-refractivity contribution in [3.63, 3.8) is 0 Å². The molecular weight excluding hydrogens is 262 g/mol. The third-order valence-corrected chi connectivity index (χ3v) is 6.85. The van der Waals surface area contributed by atoms with E-state index in [1.54, 1.807) is 0 Å². The molecule has 0 aliphatic heterocycles. The predicted molar refractivity (Wildman–Crippen MR) is 86.2 cm³/mol. The van der Waals surface area contributed by atoms with E-state index in [9.17, 15) is 0 Å². The average molecular weight is 289 g/mol. The molecule has 2 heteroatoms. The Hall–Kier alpha value is -0.340. The molecule has 1 aromatic heterocycles. The Kier molecular flexibility index (Phi) is 2.89. The van der Waals surface area contributed by atoms with Gasteiger partial charge in [0.15, 0.2) is 0 Å². The monoisotopic (exact) mass is 289 g/mol. The van der Waals surface area contributed by atoms with Gasteiger partial charge in [-0.1, -0.05) is 13.8 Å². The summed E-state index contributed by atoms with van der Waals surface area (Å²) in [6, 6.07) is 2.27. The summed E-state index contributed by atoms with van der Waals surface area (Å²) in [5.41, 5.74) is 3.23. The second-order valence-corrected chi connectivity index (χ2v) is 9.50. The molecule has 1 N–H and O–H groups in total. The molecule has 4 saturated carbocycles. The molecule has 0 aromatic carbocycles. The molecule has 4 aliphatic carbocycles. The highest BCUT2D eigenvalue weighted by Gasteiger charge is 2.59. The van der Waals surface area contributed by atoms with Crippen molar-refractivity contribution in [1.82, 2.24) is 5.32 Å². The van der Waals surface area contributed by atoms with Gasteiger partial charge in [-0.15, -0.1) is 0 Å². The molecule has 4 fully saturated rings. The summed E-state index contributed by atoms with van der Waals surface area (Å²) in [7, 11) is 0. The van der Waals surface area contributed by atoms with Gasteiger partial charge >= 0.3 is 0 Å². The van der Waals surface area contributed by atoms with Crippen LogP contribution in [0.4, 0.5) is 0 Å². The van der Waals surface area contributed by atoms with E-state index < -0.39 is 0 Å². The fourth-order valence-corrected chi connectivity index (χ4v) is 7.25. The summed E-state index contributed by atoms with van der Waals surface area (Å²) < 4.78 is 0. The topological polar surface area (TPSA) is 12.0 Å². The van der Waals surface area contributed by atoms with Crippen molar-refractivity contribution in [2.45, 2.75) is 64.3 Å². The van der Waals surface area contributed by atoms with Gasteiger partial charge in [-0.05, 0) is 90.6 Å². The van der Waals surface area contributed by atoms with Crippen LogP contribution in [0, 0.1) is 16.7 Å². The number of rotatable bonds is 4. The van der Waals surface area contributed by atoms with Crippen molar-refractivity contribution in [2.75, 3.05) is 6.54 Å². The molecule has 0 saturated heterocycles. The molecule has 1 aromatic rings. The molecule has 2 unspecified atom stereocenters. The fourth-order valence-electron chi connectivity index (χ4n) is 6.55. The normalized spacial score (nSPS) is 46.0. The van der Waals surface area contributed by atoms with E-state index in [2.05, 4.69) is 36.0 Å². The Morgan fingerprint density at radius 1 is 1.15 bits per heavy atom.